The molecule has 3 atom stereocenters. The maximum Gasteiger partial charge on any atom is 0.408 e. The zero-order valence-electron chi connectivity index (χ0n) is 25.3. The van der Waals surface area contributed by atoms with Crippen molar-refractivity contribution in [3.63, 3.8) is 0 Å². The molecule has 8 nitrogen and oxygen atoms in total. The van der Waals surface area contributed by atoms with E-state index in [4.69, 9.17) is 4.74 Å². The molecule has 2 rings (SSSR count). The first-order valence-electron chi connectivity index (χ1n) is 14.5. The van der Waals surface area contributed by atoms with E-state index < -0.39 is 36.3 Å². The van der Waals surface area contributed by atoms with Crippen LogP contribution in [0.4, 0.5) is 4.79 Å². The van der Waals surface area contributed by atoms with E-state index in [1.165, 1.54) is 0 Å². The standard InChI is InChI=1S/C31H51N3O5/c1-20(2)14-16-23(5)34(29(37)26(19-35)33-30(38)39-31(6,7)8)27(24-17-15-21(3)22(4)18-24)28(36)32-25-12-10-9-11-13-25/h15,17-18,20,23,25-27,35H,9-14,16,19H2,1-8H3,(H,32,36)(H,33,38). The number of aryl methyl sites for hydroxylation is 2. The summed E-state index contributed by atoms with van der Waals surface area (Å²) >= 11 is 0. The summed E-state index contributed by atoms with van der Waals surface area (Å²) in [5, 5.41) is 16.0. The third-order valence-corrected chi connectivity index (χ3v) is 7.39. The van der Waals surface area contributed by atoms with Gasteiger partial charge >= 0.3 is 6.09 Å². The Morgan fingerprint density at radius 2 is 1.67 bits per heavy atom. The van der Waals surface area contributed by atoms with Crippen molar-refractivity contribution in [1.29, 1.82) is 0 Å². The van der Waals surface area contributed by atoms with E-state index in [2.05, 4.69) is 24.5 Å². The largest absolute Gasteiger partial charge is 0.444 e. The lowest BCUT2D eigenvalue weighted by Gasteiger charge is -2.39. The highest BCUT2D eigenvalue weighted by Crippen LogP contribution is 2.30. The van der Waals surface area contributed by atoms with Crippen LogP contribution in [0.2, 0.25) is 0 Å². The summed E-state index contributed by atoms with van der Waals surface area (Å²) in [5.41, 5.74) is 2.07. The Bertz CT molecular complexity index is 965. The first-order valence-corrected chi connectivity index (χ1v) is 14.5. The molecule has 0 bridgehead atoms. The summed E-state index contributed by atoms with van der Waals surface area (Å²) in [6.07, 6.45) is 5.88. The summed E-state index contributed by atoms with van der Waals surface area (Å²) in [6, 6.07) is 3.42. The number of amides is 3. The first-order chi connectivity index (χ1) is 18.2. The number of ether oxygens (including phenoxy) is 1. The molecule has 1 saturated carbocycles. The number of hydrogen-bond acceptors (Lipinski definition) is 5. The second-order valence-electron chi connectivity index (χ2n) is 12.5. The van der Waals surface area contributed by atoms with Crippen LogP contribution in [0.5, 0.6) is 0 Å². The molecule has 1 fully saturated rings. The molecular weight excluding hydrogens is 494 g/mol. The monoisotopic (exact) mass is 545 g/mol. The summed E-state index contributed by atoms with van der Waals surface area (Å²) in [5.74, 6) is -0.334. The van der Waals surface area contributed by atoms with E-state index in [-0.39, 0.29) is 18.0 Å². The fraction of sp³-hybridized carbons (Fsp3) is 0.710. The minimum Gasteiger partial charge on any atom is -0.444 e. The number of carbonyl (C=O) groups is 3. The minimum atomic E-state index is -1.25. The number of carbonyl (C=O) groups excluding carboxylic acids is 3. The van der Waals surface area contributed by atoms with Gasteiger partial charge in [0, 0.05) is 12.1 Å². The summed E-state index contributed by atoms with van der Waals surface area (Å²) < 4.78 is 5.35. The predicted molar refractivity (Wildman–Crippen MR) is 154 cm³/mol. The molecule has 3 amide bonds. The van der Waals surface area contributed by atoms with Gasteiger partial charge in [-0.3, -0.25) is 9.59 Å². The van der Waals surface area contributed by atoms with Gasteiger partial charge < -0.3 is 25.4 Å². The third-order valence-electron chi connectivity index (χ3n) is 7.39. The Balaban J connectivity index is 2.52. The molecule has 220 valence electrons. The van der Waals surface area contributed by atoms with Crippen LogP contribution in [0.1, 0.15) is 109 Å². The molecule has 1 aromatic rings. The molecule has 0 saturated heterocycles. The average molecular weight is 546 g/mol. The van der Waals surface area contributed by atoms with E-state index in [1.807, 2.05) is 39.0 Å². The Morgan fingerprint density at radius 3 is 2.21 bits per heavy atom. The Morgan fingerprint density at radius 1 is 1.03 bits per heavy atom. The second kappa shape index (κ2) is 14.7. The molecule has 8 heteroatoms. The number of rotatable bonds is 11. The highest BCUT2D eigenvalue weighted by atomic mass is 16.6. The van der Waals surface area contributed by atoms with Crippen LogP contribution in [0.3, 0.4) is 0 Å². The van der Waals surface area contributed by atoms with E-state index in [0.717, 1.165) is 49.7 Å². The molecule has 1 aliphatic carbocycles. The van der Waals surface area contributed by atoms with Crippen molar-refractivity contribution in [3.8, 4) is 0 Å². The molecule has 0 spiro atoms. The van der Waals surface area contributed by atoms with Crippen LogP contribution < -0.4 is 10.6 Å². The SMILES string of the molecule is Cc1ccc(C(C(=O)NC2CCCCC2)N(C(=O)C(CO)NC(=O)OC(C)(C)C)C(C)CCC(C)C)cc1C. The fourth-order valence-electron chi connectivity index (χ4n) is 5.03. The number of hydrogen-bond donors (Lipinski definition) is 3. The zero-order chi connectivity index (χ0) is 29.3. The molecule has 0 heterocycles. The lowest BCUT2D eigenvalue weighted by molar-refractivity contribution is -0.146. The van der Waals surface area contributed by atoms with Gasteiger partial charge in [-0.15, -0.1) is 0 Å². The minimum absolute atomic E-state index is 0.0664. The highest BCUT2D eigenvalue weighted by molar-refractivity contribution is 5.92. The van der Waals surface area contributed by atoms with Crippen LogP contribution in [-0.2, 0) is 14.3 Å². The Labute approximate surface area is 235 Å². The lowest BCUT2D eigenvalue weighted by Crippen LogP contribution is -2.57. The van der Waals surface area contributed by atoms with Crippen molar-refractivity contribution in [2.24, 2.45) is 5.92 Å². The van der Waals surface area contributed by atoms with Crippen LogP contribution in [0.15, 0.2) is 18.2 Å². The van der Waals surface area contributed by atoms with Crippen molar-refractivity contribution in [2.45, 2.75) is 130 Å². The first kappa shape index (κ1) is 32.6. The van der Waals surface area contributed by atoms with Gasteiger partial charge in [-0.1, -0.05) is 51.3 Å². The zero-order valence-corrected chi connectivity index (χ0v) is 25.3. The van der Waals surface area contributed by atoms with Crippen LogP contribution in [-0.4, -0.2) is 58.2 Å². The number of nitrogens with one attached hydrogen (secondary N) is 2. The molecule has 3 unspecified atom stereocenters. The molecule has 39 heavy (non-hydrogen) atoms. The van der Waals surface area contributed by atoms with Gasteiger partial charge in [0.25, 0.3) is 0 Å². The van der Waals surface area contributed by atoms with Gasteiger partial charge in [0.2, 0.25) is 11.8 Å². The van der Waals surface area contributed by atoms with Crippen molar-refractivity contribution >= 4 is 17.9 Å². The second-order valence-corrected chi connectivity index (χ2v) is 12.5. The van der Waals surface area contributed by atoms with E-state index >= 15 is 0 Å². The molecular formula is C31H51N3O5. The van der Waals surface area contributed by atoms with Crippen molar-refractivity contribution in [3.05, 3.63) is 34.9 Å². The van der Waals surface area contributed by atoms with Crippen LogP contribution in [0.25, 0.3) is 0 Å². The molecule has 1 aromatic carbocycles. The van der Waals surface area contributed by atoms with Gasteiger partial charge in [-0.2, -0.15) is 0 Å². The number of aliphatic hydroxyl groups is 1. The van der Waals surface area contributed by atoms with Gasteiger partial charge in [0.15, 0.2) is 0 Å². The molecule has 1 aliphatic rings. The van der Waals surface area contributed by atoms with Gasteiger partial charge in [0.05, 0.1) is 6.61 Å². The third kappa shape index (κ3) is 10.1. The number of alkyl carbamates (subject to hydrolysis) is 1. The van der Waals surface area contributed by atoms with E-state index in [1.54, 1.807) is 25.7 Å². The van der Waals surface area contributed by atoms with Crippen molar-refractivity contribution in [2.75, 3.05) is 6.61 Å². The number of benzene rings is 1. The Kier molecular flexibility index (Phi) is 12.3. The van der Waals surface area contributed by atoms with E-state index in [9.17, 15) is 19.5 Å². The summed E-state index contributed by atoms with van der Waals surface area (Å²) in [6.45, 7) is 14.8. The lowest BCUT2D eigenvalue weighted by atomic mass is 9.93. The average Bonchev–Trinajstić information content (AvgIpc) is 2.85. The Hall–Kier alpha value is -2.61. The number of aliphatic hydroxyl groups excluding tert-OH is 1. The molecule has 0 aromatic heterocycles. The maximum absolute atomic E-state index is 14.1. The van der Waals surface area contributed by atoms with Crippen LogP contribution >= 0.6 is 0 Å². The number of nitrogens with zero attached hydrogens (tertiary/aromatic N) is 1. The smallest absolute Gasteiger partial charge is 0.408 e. The van der Waals surface area contributed by atoms with Gasteiger partial charge in [-0.25, -0.2) is 4.79 Å². The van der Waals surface area contributed by atoms with Crippen molar-refractivity contribution in [1.82, 2.24) is 15.5 Å². The maximum atomic E-state index is 14.1. The van der Waals surface area contributed by atoms with Crippen LogP contribution in [0, 0.1) is 19.8 Å². The summed E-state index contributed by atoms with van der Waals surface area (Å²) in [7, 11) is 0. The molecule has 0 aliphatic heterocycles. The van der Waals surface area contributed by atoms with Crippen molar-refractivity contribution < 1.29 is 24.2 Å². The van der Waals surface area contributed by atoms with E-state index in [0.29, 0.717) is 17.9 Å². The van der Waals surface area contributed by atoms with Gasteiger partial charge in [0.1, 0.15) is 17.7 Å². The summed E-state index contributed by atoms with van der Waals surface area (Å²) in [4.78, 5) is 42.3. The highest BCUT2D eigenvalue weighted by Gasteiger charge is 2.39. The molecule has 0 radical (unpaired) electrons. The fourth-order valence-corrected chi connectivity index (χ4v) is 5.03. The van der Waals surface area contributed by atoms with Gasteiger partial charge in [-0.05, 0) is 89.8 Å². The predicted octanol–water partition coefficient (Wildman–Crippen LogP) is 5.33. The topological polar surface area (TPSA) is 108 Å². The molecule has 3 N–H and O–H groups in total. The normalized spacial score (nSPS) is 16.8. The quantitative estimate of drug-likeness (QED) is 0.348.